The summed E-state index contributed by atoms with van der Waals surface area (Å²) in [5.41, 5.74) is 0.650. The molecular formula is C15H21N5O2S. The summed E-state index contributed by atoms with van der Waals surface area (Å²) in [4.78, 5) is 26.3. The smallest absolute Gasteiger partial charge is 0.252 e. The first-order valence-electron chi connectivity index (χ1n) is 8.07. The van der Waals surface area contributed by atoms with Crippen molar-refractivity contribution in [2.45, 2.75) is 56.6 Å². The SMILES string of the molecule is CCc1cc(=O)[nH]c2nnc(SCC(=O)NC3CCCCC3)n12. The average Bonchev–Trinajstić information content (AvgIpc) is 2.96. The minimum atomic E-state index is -0.187. The van der Waals surface area contributed by atoms with Crippen LogP contribution < -0.4 is 10.9 Å². The molecule has 0 unspecified atom stereocenters. The Morgan fingerprint density at radius 2 is 2.17 bits per heavy atom. The second-order valence-electron chi connectivity index (χ2n) is 5.81. The molecule has 0 saturated heterocycles. The van der Waals surface area contributed by atoms with E-state index in [0.717, 1.165) is 18.5 Å². The fourth-order valence-electron chi connectivity index (χ4n) is 2.97. The molecule has 0 atom stereocenters. The van der Waals surface area contributed by atoms with Crippen LogP contribution in [0.15, 0.2) is 16.0 Å². The molecule has 7 nitrogen and oxygen atoms in total. The molecule has 1 fully saturated rings. The Morgan fingerprint density at radius 3 is 2.91 bits per heavy atom. The molecule has 2 aromatic heterocycles. The van der Waals surface area contributed by atoms with Crippen molar-refractivity contribution in [1.29, 1.82) is 0 Å². The summed E-state index contributed by atoms with van der Waals surface area (Å²) in [6.45, 7) is 1.97. The first-order valence-corrected chi connectivity index (χ1v) is 9.05. The third kappa shape index (κ3) is 3.74. The van der Waals surface area contributed by atoms with Gasteiger partial charge in [-0.1, -0.05) is 37.9 Å². The highest BCUT2D eigenvalue weighted by atomic mass is 32.2. The van der Waals surface area contributed by atoms with E-state index in [2.05, 4.69) is 20.5 Å². The van der Waals surface area contributed by atoms with E-state index in [-0.39, 0.29) is 11.5 Å². The Kier molecular flexibility index (Phi) is 5.00. The molecule has 3 rings (SSSR count). The van der Waals surface area contributed by atoms with E-state index in [1.54, 1.807) is 10.5 Å². The molecule has 2 aromatic rings. The molecule has 0 radical (unpaired) electrons. The highest BCUT2D eigenvalue weighted by Gasteiger charge is 2.17. The molecule has 0 bridgehead atoms. The predicted molar refractivity (Wildman–Crippen MR) is 88.7 cm³/mol. The monoisotopic (exact) mass is 335 g/mol. The van der Waals surface area contributed by atoms with Gasteiger partial charge in [0, 0.05) is 17.8 Å². The number of rotatable bonds is 5. The van der Waals surface area contributed by atoms with E-state index in [1.165, 1.54) is 31.0 Å². The van der Waals surface area contributed by atoms with Gasteiger partial charge in [0.1, 0.15) is 0 Å². The van der Waals surface area contributed by atoms with Gasteiger partial charge in [0.15, 0.2) is 5.16 Å². The van der Waals surface area contributed by atoms with Gasteiger partial charge in [-0.3, -0.25) is 19.0 Å². The van der Waals surface area contributed by atoms with E-state index in [9.17, 15) is 9.59 Å². The maximum Gasteiger partial charge on any atom is 0.252 e. The van der Waals surface area contributed by atoms with Crippen molar-refractivity contribution in [3.05, 3.63) is 22.1 Å². The Balaban J connectivity index is 1.67. The van der Waals surface area contributed by atoms with E-state index in [1.807, 2.05) is 6.92 Å². The number of aryl methyl sites for hydroxylation is 1. The van der Waals surface area contributed by atoms with Crippen LogP contribution in [-0.4, -0.2) is 37.3 Å². The zero-order chi connectivity index (χ0) is 16.2. The third-order valence-electron chi connectivity index (χ3n) is 4.12. The number of carbonyl (C=O) groups excluding carboxylic acids is 1. The number of thioether (sulfide) groups is 1. The Morgan fingerprint density at radius 1 is 1.39 bits per heavy atom. The third-order valence-corrected chi connectivity index (χ3v) is 5.05. The minimum Gasteiger partial charge on any atom is -0.353 e. The first-order chi connectivity index (χ1) is 11.2. The maximum absolute atomic E-state index is 12.1. The lowest BCUT2D eigenvalue weighted by atomic mass is 9.95. The molecule has 1 saturated carbocycles. The van der Waals surface area contributed by atoms with Gasteiger partial charge < -0.3 is 5.32 Å². The fraction of sp³-hybridized carbons (Fsp3) is 0.600. The van der Waals surface area contributed by atoms with Gasteiger partial charge in [-0.05, 0) is 19.3 Å². The maximum atomic E-state index is 12.1. The zero-order valence-electron chi connectivity index (χ0n) is 13.2. The normalized spacial score (nSPS) is 15.9. The molecule has 0 aliphatic heterocycles. The average molecular weight is 335 g/mol. The Hall–Kier alpha value is -1.83. The molecule has 8 heteroatoms. The van der Waals surface area contributed by atoms with E-state index in [4.69, 9.17) is 0 Å². The number of hydrogen-bond acceptors (Lipinski definition) is 5. The van der Waals surface area contributed by atoms with Crippen molar-refractivity contribution in [2.24, 2.45) is 0 Å². The van der Waals surface area contributed by atoms with Crippen LogP contribution in [0.25, 0.3) is 5.78 Å². The van der Waals surface area contributed by atoms with Crippen molar-refractivity contribution in [1.82, 2.24) is 24.9 Å². The highest BCUT2D eigenvalue weighted by Crippen LogP contribution is 2.19. The Labute approximate surface area is 138 Å². The molecule has 23 heavy (non-hydrogen) atoms. The number of nitrogens with one attached hydrogen (secondary N) is 2. The molecule has 1 amide bonds. The van der Waals surface area contributed by atoms with Gasteiger partial charge in [-0.2, -0.15) is 0 Å². The summed E-state index contributed by atoms with van der Waals surface area (Å²) >= 11 is 1.34. The van der Waals surface area contributed by atoms with Crippen LogP contribution >= 0.6 is 11.8 Å². The summed E-state index contributed by atoms with van der Waals surface area (Å²) < 4.78 is 1.81. The summed E-state index contributed by atoms with van der Waals surface area (Å²) in [7, 11) is 0. The number of hydrogen-bond donors (Lipinski definition) is 2. The second kappa shape index (κ2) is 7.16. The number of fused-ring (bicyclic) bond motifs is 1. The Bertz CT molecular complexity index is 748. The summed E-state index contributed by atoms with van der Waals surface area (Å²) in [5, 5.41) is 11.8. The fourth-order valence-corrected chi connectivity index (χ4v) is 3.75. The van der Waals surface area contributed by atoms with Gasteiger partial charge in [0.25, 0.3) is 5.56 Å². The lowest BCUT2D eigenvalue weighted by Crippen LogP contribution is -2.37. The van der Waals surface area contributed by atoms with Crippen LogP contribution in [-0.2, 0) is 11.2 Å². The molecule has 2 N–H and O–H groups in total. The molecule has 1 aliphatic rings. The van der Waals surface area contributed by atoms with Crippen molar-refractivity contribution in [2.75, 3.05) is 5.75 Å². The molecule has 0 aromatic carbocycles. The zero-order valence-corrected chi connectivity index (χ0v) is 14.0. The van der Waals surface area contributed by atoms with Crippen molar-refractivity contribution >= 4 is 23.4 Å². The highest BCUT2D eigenvalue weighted by molar-refractivity contribution is 7.99. The van der Waals surface area contributed by atoms with Crippen LogP contribution in [0.5, 0.6) is 0 Å². The van der Waals surface area contributed by atoms with Crippen molar-refractivity contribution in [3.63, 3.8) is 0 Å². The quantitative estimate of drug-likeness (QED) is 0.808. The molecule has 2 heterocycles. The first kappa shape index (κ1) is 16.0. The lowest BCUT2D eigenvalue weighted by Gasteiger charge is -2.22. The van der Waals surface area contributed by atoms with Crippen LogP contribution in [0.3, 0.4) is 0 Å². The summed E-state index contributed by atoms with van der Waals surface area (Å²) in [6, 6.07) is 1.86. The number of aromatic nitrogens is 4. The summed E-state index contributed by atoms with van der Waals surface area (Å²) in [5.74, 6) is 0.755. The van der Waals surface area contributed by atoms with Gasteiger partial charge >= 0.3 is 0 Å². The van der Waals surface area contributed by atoms with Gasteiger partial charge in [-0.25, -0.2) is 0 Å². The van der Waals surface area contributed by atoms with E-state index < -0.39 is 0 Å². The van der Waals surface area contributed by atoms with Crippen LogP contribution in [0, 0.1) is 0 Å². The van der Waals surface area contributed by atoms with Crippen LogP contribution in [0.4, 0.5) is 0 Å². The summed E-state index contributed by atoms with van der Waals surface area (Å²) in [6.07, 6.45) is 6.50. The minimum absolute atomic E-state index is 0.0288. The predicted octanol–water partition coefficient (Wildman–Crippen LogP) is 1.52. The van der Waals surface area contributed by atoms with Gasteiger partial charge in [0.2, 0.25) is 11.7 Å². The van der Waals surface area contributed by atoms with Crippen molar-refractivity contribution in [3.8, 4) is 0 Å². The number of amides is 1. The molecular weight excluding hydrogens is 314 g/mol. The van der Waals surface area contributed by atoms with Crippen LogP contribution in [0.1, 0.15) is 44.7 Å². The number of aromatic amines is 1. The van der Waals surface area contributed by atoms with Crippen molar-refractivity contribution < 1.29 is 4.79 Å². The topological polar surface area (TPSA) is 92.2 Å². The van der Waals surface area contributed by atoms with E-state index >= 15 is 0 Å². The number of carbonyl (C=O) groups is 1. The number of H-pyrrole nitrogens is 1. The standard InChI is InChI=1S/C15H21N5O2S/c1-2-11-8-12(21)17-14-18-19-15(20(11)14)23-9-13(22)16-10-6-4-3-5-7-10/h8,10H,2-7,9H2,1H3,(H,16,22)(H,17,18,21). The van der Waals surface area contributed by atoms with Gasteiger partial charge in [0.05, 0.1) is 5.75 Å². The van der Waals surface area contributed by atoms with E-state index in [0.29, 0.717) is 29.1 Å². The lowest BCUT2D eigenvalue weighted by molar-refractivity contribution is -0.119. The van der Waals surface area contributed by atoms with Crippen LogP contribution in [0.2, 0.25) is 0 Å². The molecule has 124 valence electrons. The van der Waals surface area contributed by atoms with Gasteiger partial charge in [-0.15, -0.1) is 10.2 Å². The number of nitrogens with zero attached hydrogens (tertiary/aromatic N) is 3. The molecule has 1 aliphatic carbocycles. The molecule has 0 spiro atoms. The second-order valence-corrected chi connectivity index (χ2v) is 6.75. The largest absolute Gasteiger partial charge is 0.353 e.